The van der Waals surface area contributed by atoms with E-state index in [-0.39, 0.29) is 23.1 Å². The number of hydrogen-bond acceptors (Lipinski definition) is 2. The molecule has 1 heterocycles. The summed E-state index contributed by atoms with van der Waals surface area (Å²) in [5.74, 6) is 2.35. The van der Waals surface area contributed by atoms with Gasteiger partial charge in [-0.3, -0.25) is 9.59 Å². The third-order valence-electron chi connectivity index (χ3n) is 9.90. The minimum Gasteiger partial charge on any atom is -0.336 e. The largest absolute Gasteiger partial charge is 0.336 e. The minimum atomic E-state index is -0.0949. The molecule has 1 unspecified atom stereocenters. The summed E-state index contributed by atoms with van der Waals surface area (Å²) in [7, 11) is 0. The van der Waals surface area contributed by atoms with Crippen molar-refractivity contribution in [2.24, 2.45) is 28.6 Å². The van der Waals surface area contributed by atoms with Crippen molar-refractivity contribution in [3.05, 3.63) is 41.5 Å². The van der Waals surface area contributed by atoms with E-state index < -0.39 is 0 Å². The van der Waals surface area contributed by atoms with Crippen molar-refractivity contribution in [3.8, 4) is 0 Å². The van der Waals surface area contributed by atoms with Crippen LogP contribution in [-0.2, 0) is 4.79 Å². The lowest BCUT2D eigenvalue weighted by Crippen LogP contribution is -2.61. The van der Waals surface area contributed by atoms with Crippen LogP contribution in [0.1, 0.15) is 88.6 Å². The molecule has 1 aromatic carbocycles. The molecule has 166 valence electrons. The van der Waals surface area contributed by atoms with Crippen molar-refractivity contribution in [3.63, 3.8) is 0 Å². The molecule has 31 heavy (non-hydrogen) atoms. The number of rotatable bonds is 3. The Morgan fingerprint density at radius 2 is 1.84 bits per heavy atom. The smallest absolute Gasteiger partial charge is 0.247 e. The van der Waals surface area contributed by atoms with Gasteiger partial charge < -0.3 is 4.90 Å². The highest BCUT2D eigenvalue weighted by molar-refractivity contribution is 6.04. The zero-order valence-corrected chi connectivity index (χ0v) is 19.6. The van der Waals surface area contributed by atoms with Gasteiger partial charge in [-0.15, -0.1) is 0 Å². The number of nitrogens with zero attached hydrogens (tertiary/aromatic N) is 1. The van der Waals surface area contributed by atoms with Crippen LogP contribution in [0.25, 0.3) is 5.57 Å². The Hall–Kier alpha value is -1.90. The first-order chi connectivity index (χ1) is 14.8. The summed E-state index contributed by atoms with van der Waals surface area (Å²) in [6, 6.07) is 8.20. The van der Waals surface area contributed by atoms with Crippen molar-refractivity contribution >= 4 is 17.3 Å². The first-order valence-electron chi connectivity index (χ1n) is 12.4. The second kappa shape index (κ2) is 7.32. The molecule has 0 saturated heterocycles. The van der Waals surface area contributed by atoms with Gasteiger partial charge in [-0.1, -0.05) is 44.5 Å². The third-order valence-corrected chi connectivity index (χ3v) is 9.90. The molecule has 6 atom stereocenters. The second-order valence-corrected chi connectivity index (χ2v) is 11.1. The SMILES string of the molecule is CCN1C(=O)C=C(c2ccccc2C(C)=O)[C@@]2(C)C1CC[C@@H]1[C@H]2CC[C@]2(C)CCC[C@@H]12. The number of Topliss-reactive ketones (excluding diaryl/α,β-unsaturated/α-hetero) is 1. The summed E-state index contributed by atoms with van der Waals surface area (Å²) >= 11 is 0. The molecular weight excluding hydrogens is 382 g/mol. The van der Waals surface area contributed by atoms with E-state index in [9.17, 15) is 9.59 Å². The fourth-order valence-corrected chi connectivity index (χ4v) is 8.47. The molecule has 3 saturated carbocycles. The van der Waals surface area contributed by atoms with Gasteiger partial charge in [0, 0.05) is 29.6 Å². The Labute approximate surface area is 187 Å². The maximum absolute atomic E-state index is 13.2. The first kappa shape index (κ1) is 21.0. The normalized spacial score (nSPS) is 39.4. The standard InChI is InChI=1S/C28H37NO2/c1-5-29-25-13-12-21-22-11-8-15-27(22,3)16-14-23(21)28(25,4)24(17-26(29)31)20-10-7-6-9-19(20)18(2)30/h6-7,9-10,17,21-23,25H,5,8,11-16H2,1-4H3/t21-,22-,23+,25?,27-,28-/m0/s1. The topological polar surface area (TPSA) is 37.4 Å². The summed E-state index contributed by atoms with van der Waals surface area (Å²) in [6.45, 7) is 9.50. The molecule has 3 fully saturated rings. The highest BCUT2D eigenvalue weighted by Gasteiger charge is 2.60. The summed E-state index contributed by atoms with van der Waals surface area (Å²) in [5.41, 5.74) is 3.30. The maximum atomic E-state index is 13.2. The lowest BCUT2D eigenvalue weighted by molar-refractivity contribution is -0.138. The molecule has 1 amide bonds. The van der Waals surface area contributed by atoms with Crippen molar-refractivity contribution in [1.82, 2.24) is 4.90 Å². The number of fused-ring (bicyclic) bond motifs is 5. The van der Waals surface area contributed by atoms with Crippen molar-refractivity contribution in [1.29, 1.82) is 0 Å². The second-order valence-electron chi connectivity index (χ2n) is 11.1. The number of benzene rings is 1. The Morgan fingerprint density at radius 3 is 2.58 bits per heavy atom. The Kier molecular flexibility index (Phi) is 4.95. The molecule has 1 aromatic rings. The lowest BCUT2D eigenvalue weighted by atomic mass is 9.46. The fraction of sp³-hybridized carbons (Fsp3) is 0.643. The molecule has 0 N–H and O–H groups in total. The molecule has 0 radical (unpaired) electrons. The minimum absolute atomic E-state index is 0.0846. The highest BCUT2D eigenvalue weighted by atomic mass is 16.2. The molecular formula is C28H37NO2. The molecule has 5 rings (SSSR count). The molecule has 4 aliphatic rings. The number of carbonyl (C=O) groups excluding carboxylic acids is 2. The predicted molar refractivity (Wildman–Crippen MR) is 125 cm³/mol. The molecule has 1 aliphatic heterocycles. The van der Waals surface area contributed by atoms with Crippen LogP contribution in [0.3, 0.4) is 0 Å². The van der Waals surface area contributed by atoms with E-state index in [4.69, 9.17) is 0 Å². The zero-order chi connectivity index (χ0) is 22.0. The average molecular weight is 420 g/mol. The quantitative estimate of drug-likeness (QED) is 0.552. The van der Waals surface area contributed by atoms with E-state index in [1.807, 2.05) is 24.3 Å². The maximum Gasteiger partial charge on any atom is 0.247 e. The summed E-state index contributed by atoms with van der Waals surface area (Å²) < 4.78 is 0. The van der Waals surface area contributed by atoms with Crippen LogP contribution in [0.15, 0.2) is 30.3 Å². The Bertz CT molecular complexity index is 948. The van der Waals surface area contributed by atoms with E-state index in [0.717, 1.165) is 41.5 Å². The van der Waals surface area contributed by atoms with E-state index >= 15 is 0 Å². The zero-order valence-electron chi connectivity index (χ0n) is 19.6. The molecule has 3 nitrogen and oxygen atoms in total. The van der Waals surface area contributed by atoms with Gasteiger partial charge in [0.2, 0.25) is 5.91 Å². The highest BCUT2D eigenvalue weighted by Crippen LogP contribution is 2.66. The number of amides is 1. The van der Waals surface area contributed by atoms with Gasteiger partial charge in [-0.2, -0.15) is 0 Å². The molecule has 3 aliphatic carbocycles. The molecule has 0 bridgehead atoms. The molecule has 3 heteroatoms. The van der Waals surface area contributed by atoms with Gasteiger partial charge in [0.1, 0.15) is 0 Å². The van der Waals surface area contributed by atoms with Crippen LogP contribution >= 0.6 is 0 Å². The van der Waals surface area contributed by atoms with Crippen molar-refractivity contribution in [2.45, 2.75) is 78.7 Å². The predicted octanol–water partition coefficient (Wildman–Crippen LogP) is 6.14. The molecule has 0 spiro atoms. The number of hydrogen-bond donors (Lipinski definition) is 0. The number of likely N-dealkylation sites (N-methyl/N-ethyl adjacent to an activating group) is 1. The summed E-state index contributed by atoms with van der Waals surface area (Å²) in [6.07, 6.45) is 10.9. The van der Waals surface area contributed by atoms with Crippen molar-refractivity contribution < 1.29 is 9.59 Å². The van der Waals surface area contributed by atoms with Crippen molar-refractivity contribution in [2.75, 3.05) is 6.54 Å². The molecule has 0 aromatic heterocycles. The van der Waals surface area contributed by atoms with Crippen LogP contribution in [-0.4, -0.2) is 29.2 Å². The summed E-state index contributed by atoms with van der Waals surface area (Å²) in [5, 5.41) is 0. The van der Waals surface area contributed by atoms with Gasteiger partial charge in [0.05, 0.1) is 0 Å². The van der Waals surface area contributed by atoms with Crippen LogP contribution in [0.4, 0.5) is 0 Å². The van der Waals surface area contributed by atoms with E-state index in [1.54, 1.807) is 6.92 Å². The summed E-state index contributed by atoms with van der Waals surface area (Å²) in [4.78, 5) is 27.9. The van der Waals surface area contributed by atoms with Gasteiger partial charge in [0.15, 0.2) is 5.78 Å². The monoisotopic (exact) mass is 419 g/mol. The first-order valence-corrected chi connectivity index (χ1v) is 12.4. The van der Waals surface area contributed by atoms with Crippen LogP contribution < -0.4 is 0 Å². The average Bonchev–Trinajstić information content (AvgIpc) is 3.15. The van der Waals surface area contributed by atoms with E-state index in [0.29, 0.717) is 11.3 Å². The Balaban J connectivity index is 1.67. The third kappa shape index (κ3) is 2.91. The van der Waals surface area contributed by atoms with Crippen LogP contribution in [0.5, 0.6) is 0 Å². The number of ketones is 1. The fourth-order valence-electron chi connectivity index (χ4n) is 8.47. The van der Waals surface area contributed by atoms with E-state index in [2.05, 4.69) is 31.7 Å². The Morgan fingerprint density at radius 1 is 1.06 bits per heavy atom. The van der Waals surface area contributed by atoms with Crippen LogP contribution in [0.2, 0.25) is 0 Å². The van der Waals surface area contributed by atoms with Gasteiger partial charge >= 0.3 is 0 Å². The number of carbonyl (C=O) groups is 2. The van der Waals surface area contributed by atoms with Gasteiger partial charge in [-0.25, -0.2) is 0 Å². The lowest BCUT2D eigenvalue weighted by Gasteiger charge is -2.62. The van der Waals surface area contributed by atoms with E-state index in [1.165, 1.54) is 38.5 Å². The van der Waals surface area contributed by atoms with Gasteiger partial charge in [0.25, 0.3) is 0 Å². The van der Waals surface area contributed by atoms with Gasteiger partial charge in [-0.05, 0) is 86.7 Å². The van der Waals surface area contributed by atoms with Crippen LogP contribution in [0, 0.1) is 28.6 Å².